The molecule has 0 spiro atoms. The molecule has 1 aliphatic carbocycles. The summed E-state index contributed by atoms with van der Waals surface area (Å²) in [4.78, 5) is 20.5. The number of rotatable bonds is 4. The molecule has 0 radical (unpaired) electrons. The van der Waals surface area contributed by atoms with Gasteiger partial charge in [-0.2, -0.15) is 0 Å². The average molecular weight is 323 g/mol. The summed E-state index contributed by atoms with van der Waals surface area (Å²) in [6.07, 6.45) is 1.33. The first-order chi connectivity index (χ1) is 9.20. The predicted octanol–water partition coefficient (Wildman–Crippen LogP) is 2.01. The molecule has 1 fully saturated rings. The fourth-order valence-electron chi connectivity index (χ4n) is 1.56. The lowest BCUT2D eigenvalue weighted by Crippen LogP contribution is -2.15. The summed E-state index contributed by atoms with van der Waals surface area (Å²) in [7, 11) is 0.523. The van der Waals surface area contributed by atoms with E-state index in [-0.39, 0.29) is 5.92 Å². The fraction of sp³-hybridized carbons (Fsp3) is 0.300. The van der Waals surface area contributed by atoms with Crippen LogP contribution in [-0.4, -0.2) is 19.2 Å². The largest absolute Gasteiger partial charge is 0.320 e. The van der Waals surface area contributed by atoms with Gasteiger partial charge in [-0.05, 0) is 12.8 Å². The van der Waals surface area contributed by atoms with E-state index in [1.807, 2.05) is 0 Å². The Balaban J connectivity index is 2.48. The molecule has 0 aromatic heterocycles. The first-order valence-corrected chi connectivity index (χ1v) is 7.74. The van der Waals surface area contributed by atoms with Crippen molar-refractivity contribution in [1.82, 2.24) is 0 Å². The topological polar surface area (TPSA) is 106 Å². The van der Waals surface area contributed by atoms with Gasteiger partial charge in [0.1, 0.15) is 16.4 Å². The summed E-state index contributed by atoms with van der Waals surface area (Å²) in [6.45, 7) is 0. The standard InChI is InChI=1S/C10H8ClFN2O5S/c11-20(18,19)9-4-8(14(16)17)7(3-6(9)12)13-10(15)5-1-2-5/h3-5H,1-2H2,(H,13,15). The van der Waals surface area contributed by atoms with Gasteiger partial charge in [-0.3, -0.25) is 14.9 Å². The van der Waals surface area contributed by atoms with Crippen molar-refractivity contribution >= 4 is 37.0 Å². The summed E-state index contributed by atoms with van der Waals surface area (Å²) < 4.78 is 35.8. The molecule has 0 bridgehead atoms. The Morgan fingerprint density at radius 3 is 2.50 bits per heavy atom. The quantitative estimate of drug-likeness (QED) is 0.518. The summed E-state index contributed by atoms with van der Waals surface area (Å²) >= 11 is 0. The number of carbonyl (C=O) groups is 1. The number of halogens is 2. The van der Waals surface area contributed by atoms with E-state index in [2.05, 4.69) is 5.32 Å². The van der Waals surface area contributed by atoms with Crippen molar-refractivity contribution in [2.24, 2.45) is 5.92 Å². The number of benzene rings is 1. The minimum absolute atomic E-state index is 0.242. The Hall–Kier alpha value is -1.74. The highest BCUT2D eigenvalue weighted by Gasteiger charge is 2.32. The SMILES string of the molecule is O=C(Nc1cc(F)c(S(=O)(=O)Cl)cc1[N+](=O)[O-])C1CC1. The van der Waals surface area contributed by atoms with Crippen LogP contribution in [0.5, 0.6) is 0 Å². The van der Waals surface area contributed by atoms with Gasteiger partial charge in [0.25, 0.3) is 14.7 Å². The molecule has 20 heavy (non-hydrogen) atoms. The van der Waals surface area contributed by atoms with E-state index < -0.39 is 42.0 Å². The Morgan fingerprint density at radius 1 is 1.45 bits per heavy atom. The van der Waals surface area contributed by atoms with Gasteiger partial charge < -0.3 is 5.32 Å². The van der Waals surface area contributed by atoms with Crippen molar-refractivity contribution in [3.05, 3.63) is 28.1 Å². The monoisotopic (exact) mass is 322 g/mol. The molecule has 0 heterocycles. The summed E-state index contributed by atoms with van der Waals surface area (Å²) in [6, 6.07) is 1.06. The molecule has 1 aromatic rings. The second-order valence-corrected chi connectivity index (χ2v) is 6.79. The molecular formula is C10H8ClFN2O5S. The Morgan fingerprint density at radius 2 is 2.05 bits per heavy atom. The number of hydrogen-bond acceptors (Lipinski definition) is 5. The number of carbonyl (C=O) groups excluding carboxylic acids is 1. The van der Waals surface area contributed by atoms with Crippen LogP contribution in [0.4, 0.5) is 15.8 Å². The number of anilines is 1. The van der Waals surface area contributed by atoms with Gasteiger partial charge in [-0.15, -0.1) is 0 Å². The van der Waals surface area contributed by atoms with Crippen LogP contribution in [0.3, 0.4) is 0 Å². The van der Waals surface area contributed by atoms with E-state index >= 15 is 0 Å². The molecule has 0 saturated heterocycles. The van der Waals surface area contributed by atoms with Gasteiger partial charge in [0.05, 0.1) is 4.92 Å². The first kappa shape index (κ1) is 14.7. The van der Waals surface area contributed by atoms with Crippen molar-refractivity contribution in [2.45, 2.75) is 17.7 Å². The molecule has 108 valence electrons. The maximum Gasteiger partial charge on any atom is 0.294 e. The Kier molecular flexibility index (Phi) is 3.65. The van der Waals surface area contributed by atoms with Crippen LogP contribution in [0.2, 0.25) is 0 Å². The summed E-state index contributed by atoms with van der Waals surface area (Å²) in [5, 5.41) is 13.1. The Labute approximate surface area is 117 Å². The first-order valence-electron chi connectivity index (χ1n) is 5.43. The molecule has 2 rings (SSSR count). The molecule has 10 heteroatoms. The van der Waals surface area contributed by atoms with Crippen molar-refractivity contribution in [3.63, 3.8) is 0 Å². The number of nitrogens with one attached hydrogen (secondary N) is 1. The number of hydrogen-bond donors (Lipinski definition) is 1. The van der Waals surface area contributed by atoms with Crippen molar-refractivity contribution in [1.29, 1.82) is 0 Å². The van der Waals surface area contributed by atoms with Crippen molar-refractivity contribution in [2.75, 3.05) is 5.32 Å². The van der Waals surface area contributed by atoms with E-state index in [4.69, 9.17) is 10.7 Å². The summed E-state index contributed by atoms with van der Waals surface area (Å²) in [5.41, 5.74) is -1.13. The number of amides is 1. The summed E-state index contributed by atoms with van der Waals surface area (Å²) in [5.74, 6) is -1.97. The van der Waals surface area contributed by atoms with E-state index in [1.54, 1.807) is 0 Å². The van der Waals surface area contributed by atoms with Crippen LogP contribution in [0.1, 0.15) is 12.8 Å². The minimum Gasteiger partial charge on any atom is -0.320 e. The number of nitro benzene ring substituents is 1. The highest BCUT2D eigenvalue weighted by molar-refractivity contribution is 8.13. The third kappa shape index (κ3) is 3.05. The maximum absolute atomic E-state index is 13.6. The smallest absolute Gasteiger partial charge is 0.294 e. The van der Waals surface area contributed by atoms with Crippen LogP contribution in [0, 0.1) is 21.8 Å². The fourth-order valence-corrected chi connectivity index (χ4v) is 2.46. The average Bonchev–Trinajstić information content (AvgIpc) is 3.10. The lowest BCUT2D eigenvalue weighted by atomic mass is 10.2. The molecule has 0 aliphatic heterocycles. The van der Waals surface area contributed by atoms with Gasteiger partial charge >= 0.3 is 0 Å². The zero-order valence-corrected chi connectivity index (χ0v) is 11.4. The van der Waals surface area contributed by atoms with Crippen LogP contribution in [0.25, 0.3) is 0 Å². The van der Waals surface area contributed by atoms with Crippen molar-refractivity contribution in [3.8, 4) is 0 Å². The van der Waals surface area contributed by atoms with Crippen LogP contribution in [0.15, 0.2) is 17.0 Å². The van der Waals surface area contributed by atoms with Crippen LogP contribution < -0.4 is 5.32 Å². The second kappa shape index (κ2) is 4.98. The van der Waals surface area contributed by atoms with E-state index in [0.29, 0.717) is 25.0 Å². The van der Waals surface area contributed by atoms with Gasteiger partial charge in [0, 0.05) is 28.7 Å². The van der Waals surface area contributed by atoms with Crippen molar-refractivity contribution < 1.29 is 22.5 Å². The van der Waals surface area contributed by atoms with Crippen LogP contribution in [-0.2, 0) is 13.8 Å². The third-order valence-electron chi connectivity index (χ3n) is 2.72. The maximum atomic E-state index is 13.6. The second-order valence-electron chi connectivity index (χ2n) is 4.26. The zero-order valence-electron chi connectivity index (χ0n) is 9.80. The highest BCUT2D eigenvalue weighted by atomic mass is 35.7. The predicted molar refractivity (Wildman–Crippen MR) is 67.4 cm³/mol. The highest BCUT2D eigenvalue weighted by Crippen LogP contribution is 2.34. The van der Waals surface area contributed by atoms with Gasteiger partial charge in [-0.25, -0.2) is 12.8 Å². The van der Waals surface area contributed by atoms with Crippen LogP contribution >= 0.6 is 10.7 Å². The molecule has 1 aliphatic rings. The lowest BCUT2D eigenvalue weighted by molar-refractivity contribution is -0.384. The molecule has 1 amide bonds. The number of nitro groups is 1. The Bertz CT molecular complexity index is 702. The van der Waals surface area contributed by atoms with E-state index in [0.717, 1.165) is 0 Å². The van der Waals surface area contributed by atoms with Gasteiger partial charge in [0.2, 0.25) is 5.91 Å². The normalized spacial score (nSPS) is 14.9. The molecular weight excluding hydrogens is 315 g/mol. The molecule has 7 nitrogen and oxygen atoms in total. The molecule has 0 atom stereocenters. The molecule has 1 saturated carbocycles. The van der Waals surface area contributed by atoms with E-state index in [1.165, 1.54) is 0 Å². The molecule has 1 aromatic carbocycles. The third-order valence-corrected chi connectivity index (χ3v) is 4.05. The minimum atomic E-state index is -4.46. The zero-order chi connectivity index (χ0) is 15.1. The van der Waals surface area contributed by atoms with E-state index in [9.17, 15) is 27.7 Å². The lowest BCUT2D eigenvalue weighted by Gasteiger charge is -2.07. The van der Waals surface area contributed by atoms with Gasteiger partial charge in [0.15, 0.2) is 0 Å². The molecule has 0 unspecified atom stereocenters. The molecule has 1 N–H and O–H groups in total. The van der Waals surface area contributed by atoms with Gasteiger partial charge in [-0.1, -0.05) is 0 Å². The number of nitrogens with zero attached hydrogens (tertiary/aromatic N) is 1.